The Balaban J connectivity index is 1.89. The van der Waals surface area contributed by atoms with E-state index in [9.17, 15) is 14.9 Å². The minimum absolute atomic E-state index is 0.0525. The van der Waals surface area contributed by atoms with Gasteiger partial charge in [0.15, 0.2) is 0 Å². The number of nitro groups is 1. The Kier molecular flexibility index (Phi) is 4.90. The Hall–Kier alpha value is -1.95. The lowest BCUT2D eigenvalue weighted by Crippen LogP contribution is -2.51. The highest BCUT2D eigenvalue weighted by molar-refractivity contribution is 5.79. The molecule has 1 aromatic rings. The van der Waals surface area contributed by atoms with E-state index in [2.05, 4.69) is 18.7 Å². The molecule has 0 bridgehead atoms. The van der Waals surface area contributed by atoms with Crippen molar-refractivity contribution in [2.45, 2.75) is 26.3 Å². The second-order valence-corrected chi connectivity index (χ2v) is 5.61. The zero-order valence-corrected chi connectivity index (χ0v) is 12.5. The first kappa shape index (κ1) is 15.4. The van der Waals surface area contributed by atoms with Gasteiger partial charge < -0.3 is 4.90 Å². The summed E-state index contributed by atoms with van der Waals surface area (Å²) in [6, 6.07) is 6.70. The summed E-state index contributed by atoms with van der Waals surface area (Å²) in [5.41, 5.74) is 0.869. The maximum Gasteiger partial charge on any atom is 0.269 e. The van der Waals surface area contributed by atoms with E-state index in [0.717, 1.165) is 31.7 Å². The molecule has 6 heteroatoms. The molecule has 0 spiro atoms. The Morgan fingerprint density at radius 1 is 1.19 bits per heavy atom. The third-order valence-electron chi connectivity index (χ3n) is 3.90. The van der Waals surface area contributed by atoms with E-state index < -0.39 is 4.92 Å². The number of hydrogen-bond donors (Lipinski definition) is 0. The van der Waals surface area contributed by atoms with Gasteiger partial charge >= 0.3 is 0 Å². The summed E-state index contributed by atoms with van der Waals surface area (Å²) in [6.07, 6.45) is 0.305. The molecular weight excluding hydrogens is 270 g/mol. The van der Waals surface area contributed by atoms with E-state index in [1.54, 1.807) is 12.1 Å². The zero-order chi connectivity index (χ0) is 15.4. The maximum atomic E-state index is 12.2. The molecule has 1 amide bonds. The van der Waals surface area contributed by atoms with Gasteiger partial charge in [-0.05, 0) is 19.4 Å². The van der Waals surface area contributed by atoms with Crippen LogP contribution in [0.2, 0.25) is 0 Å². The van der Waals surface area contributed by atoms with E-state index in [1.807, 2.05) is 4.90 Å². The second-order valence-electron chi connectivity index (χ2n) is 5.61. The number of nitrogens with zero attached hydrogens (tertiary/aromatic N) is 3. The number of piperazine rings is 1. The predicted molar refractivity (Wildman–Crippen MR) is 80.1 cm³/mol. The quantitative estimate of drug-likeness (QED) is 0.625. The highest BCUT2D eigenvalue weighted by Crippen LogP contribution is 2.14. The summed E-state index contributed by atoms with van der Waals surface area (Å²) in [6.45, 7) is 7.64. The summed E-state index contributed by atoms with van der Waals surface area (Å²) in [5.74, 6) is 0.0901. The largest absolute Gasteiger partial charge is 0.340 e. The maximum absolute atomic E-state index is 12.2. The molecule has 21 heavy (non-hydrogen) atoms. The molecule has 114 valence electrons. The van der Waals surface area contributed by atoms with Crippen LogP contribution in [-0.2, 0) is 11.2 Å². The summed E-state index contributed by atoms with van der Waals surface area (Å²) in [4.78, 5) is 26.6. The topological polar surface area (TPSA) is 66.7 Å². The van der Waals surface area contributed by atoms with Crippen molar-refractivity contribution in [1.82, 2.24) is 9.80 Å². The average molecular weight is 291 g/mol. The van der Waals surface area contributed by atoms with Crippen LogP contribution in [0.3, 0.4) is 0 Å². The van der Waals surface area contributed by atoms with Crippen LogP contribution in [0.15, 0.2) is 24.3 Å². The number of nitro benzene ring substituents is 1. The minimum atomic E-state index is -0.434. The third kappa shape index (κ3) is 4.01. The number of benzene rings is 1. The van der Waals surface area contributed by atoms with Crippen LogP contribution >= 0.6 is 0 Å². The van der Waals surface area contributed by atoms with Gasteiger partial charge in [0.05, 0.1) is 11.3 Å². The highest BCUT2D eigenvalue weighted by Gasteiger charge is 2.22. The van der Waals surface area contributed by atoms with E-state index in [-0.39, 0.29) is 11.6 Å². The van der Waals surface area contributed by atoms with Gasteiger partial charge in [-0.2, -0.15) is 0 Å². The Morgan fingerprint density at radius 3 is 2.24 bits per heavy atom. The van der Waals surface area contributed by atoms with Crippen molar-refractivity contribution in [2.24, 2.45) is 0 Å². The molecule has 0 atom stereocenters. The SMILES string of the molecule is CC(C)N1CCN(C(=O)Cc2ccc([N+](=O)[O-])cc2)CC1. The first-order valence-corrected chi connectivity index (χ1v) is 7.22. The van der Waals surface area contributed by atoms with Gasteiger partial charge in [0.25, 0.3) is 5.69 Å². The number of carbonyl (C=O) groups is 1. The van der Waals surface area contributed by atoms with Gasteiger partial charge in [0, 0.05) is 44.4 Å². The first-order valence-electron chi connectivity index (χ1n) is 7.22. The van der Waals surface area contributed by atoms with Gasteiger partial charge in [-0.1, -0.05) is 12.1 Å². The van der Waals surface area contributed by atoms with Gasteiger partial charge in [0.1, 0.15) is 0 Å². The molecule has 0 aromatic heterocycles. The molecule has 0 aliphatic carbocycles. The number of hydrogen-bond acceptors (Lipinski definition) is 4. The molecule has 0 saturated carbocycles. The van der Waals surface area contributed by atoms with E-state index >= 15 is 0 Å². The first-order chi connectivity index (χ1) is 9.97. The molecule has 1 aromatic carbocycles. The molecular formula is C15H21N3O3. The molecule has 1 heterocycles. The fourth-order valence-corrected chi connectivity index (χ4v) is 2.51. The van der Waals surface area contributed by atoms with Gasteiger partial charge in [0.2, 0.25) is 5.91 Å². The van der Waals surface area contributed by atoms with Crippen molar-refractivity contribution in [3.8, 4) is 0 Å². The molecule has 0 radical (unpaired) electrons. The van der Waals surface area contributed by atoms with Gasteiger partial charge in [-0.25, -0.2) is 0 Å². The van der Waals surface area contributed by atoms with Crippen LogP contribution in [0, 0.1) is 10.1 Å². The molecule has 1 aliphatic rings. The van der Waals surface area contributed by atoms with E-state index in [0.29, 0.717) is 12.5 Å². The fourth-order valence-electron chi connectivity index (χ4n) is 2.51. The van der Waals surface area contributed by atoms with Crippen molar-refractivity contribution in [3.63, 3.8) is 0 Å². The average Bonchev–Trinajstić information content (AvgIpc) is 2.47. The Morgan fingerprint density at radius 2 is 1.76 bits per heavy atom. The van der Waals surface area contributed by atoms with Crippen LogP contribution in [0.1, 0.15) is 19.4 Å². The molecule has 6 nitrogen and oxygen atoms in total. The van der Waals surface area contributed by atoms with Gasteiger partial charge in [-0.15, -0.1) is 0 Å². The smallest absolute Gasteiger partial charge is 0.269 e. The minimum Gasteiger partial charge on any atom is -0.340 e. The number of carbonyl (C=O) groups excluding carboxylic acids is 1. The second kappa shape index (κ2) is 6.67. The third-order valence-corrected chi connectivity index (χ3v) is 3.90. The monoisotopic (exact) mass is 291 g/mol. The number of non-ortho nitro benzene ring substituents is 1. The predicted octanol–water partition coefficient (Wildman–Crippen LogP) is 1.69. The number of amides is 1. The molecule has 2 rings (SSSR count). The summed E-state index contributed by atoms with van der Waals surface area (Å²) in [5, 5.41) is 10.6. The van der Waals surface area contributed by atoms with Crippen LogP contribution in [0.4, 0.5) is 5.69 Å². The standard InChI is InChI=1S/C15H21N3O3/c1-12(2)16-7-9-17(10-8-16)15(19)11-13-3-5-14(6-4-13)18(20)21/h3-6,12H,7-11H2,1-2H3. The van der Waals surface area contributed by atoms with Crippen molar-refractivity contribution in [1.29, 1.82) is 0 Å². The van der Waals surface area contributed by atoms with Crippen LogP contribution in [0.5, 0.6) is 0 Å². The lowest BCUT2D eigenvalue weighted by Gasteiger charge is -2.37. The van der Waals surface area contributed by atoms with Gasteiger partial charge in [-0.3, -0.25) is 19.8 Å². The Labute approximate surface area is 124 Å². The molecule has 1 saturated heterocycles. The van der Waals surface area contributed by atoms with Crippen molar-refractivity contribution < 1.29 is 9.72 Å². The molecule has 0 unspecified atom stereocenters. The van der Waals surface area contributed by atoms with E-state index in [4.69, 9.17) is 0 Å². The highest BCUT2D eigenvalue weighted by atomic mass is 16.6. The number of rotatable bonds is 4. The lowest BCUT2D eigenvalue weighted by molar-refractivity contribution is -0.384. The van der Waals surface area contributed by atoms with Crippen LogP contribution in [-0.4, -0.2) is 52.9 Å². The van der Waals surface area contributed by atoms with Crippen molar-refractivity contribution >= 4 is 11.6 Å². The van der Waals surface area contributed by atoms with Crippen LogP contribution in [0.25, 0.3) is 0 Å². The Bertz CT molecular complexity index is 505. The van der Waals surface area contributed by atoms with Crippen molar-refractivity contribution in [2.75, 3.05) is 26.2 Å². The normalized spacial score (nSPS) is 16.2. The van der Waals surface area contributed by atoms with Crippen molar-refractivity contribution in [3.05, 3.63) is 39.9 Å². The van der Waals surface area contributed by atoms with E-state index in [1.165, 1.54) is 12.1 Å². The fraction of sp³-hybridized carbons (Fsp3) is 0.533. The summed E-state index contributed by atoms with van der Waals surface area (Å²) >= 11 is 0. The summed E-state index contributed by atoms with van der Waals surface area (Å²) in [7, 11) is 0. The molecule has 1 fully saturated rings. The van der Waals surface area contributed by atoms with Crippen LogP contribution < -0.4 is 0 Å². The zero-order valence-electron chi connectivity index (χ0n) is 12.5. The lowest BCUT2D eigenvalue weighted by atomic mass is 10.1. The summed E-state index contributed by atoms with van der Waals surface area (Å²) < 4.78 is 0. The molecule has 0 N–H and O–H groups in total. The molecule has 1 aliphatic heterocycles.